The number of aryl methyl sites for hydroxylation is 1. The minimum Gasteiger partial charge on any atom is -0.325 e. The average molecular weight is 416 g/mol. The summed E-state index contributed by atoms with van der Waals surface area (Å²) < 4.78 is 1.96. The molecule has 30 heavy (non-hydrogen) atoms. The van der Waals surface area contributed by atoms with Crippen LogP contribution in [0.15, 0.2) is 78.2 Å². The van der Waals surface area contributed by atoms with Crippen LogP contribution in [0.25, 0.3) is 17.1 Å². The monoisotopic (exact) mass is 415 g/mol. The van der Waals surface area contributed by atoms with E-state index in [-0.39, 0.29) is 11.7 Å². The maximum atomic E-state index is 12.6. The molecule has 4 aromatic rings. The van der Waals surface area contributed by atoms with Crippen molar-refractivity contribution in [1.29, 1.82) is 0 Å². The molecule has 0 aliphatic carbocycles. The quantitative estimate of drug-likeness (QED) is 0.463. The van der Waals surface area contributed by atoms with Gasteiger partial charge in [0, 0.05) is 29.3 Å². The molecule has 0 spiro atoms. The Labute approximate surface area is 179 Å². The lowest BCUT2D eigenvalue weighted by Gasteiger charge is -2.11. The number of carbonyl (C=O) groups excluding carboxylic acids is 1. The first kappa shape index (κ1) is 19.8. The highest BCUT2D eigenvalue weighted by atomic mass is 32.2. The van der Waals surface area contributed by atoms with Crippen molar-refractivity contribution in [3.05, 3.63) is 84.2 Å². The molecule has 2 aromatic carbocycles. The van der Waals surface area contributed by atoms with Gasteiger partial charge >= 0.3 is 0 Å². The van der Waals surface area contributed by atoms with Gasteiger partial charge in [0.25, 0.3) is 0 Å². The maximum Gasteiger partial charge on any atom is 0.234 e. The Kier molecular flexibility index (Phi) is 5.90. The molecule has 0 radical (unpaired) electrons. The molecule has 1 N–H and O–H groups in total. The van der Waals surface area contributed by atoms with Gasteiger partial charge in [0.1, 0.15) is 0 Å². The molecule has 2 aromatic heterocycles. The molecule has 4 rings (SSSR count). The topological polar surface area (TPSA) is 72.7 Å². The molecule has 2 heterocycles. The number of carbonyl (C=O) groups is 1. The number of aromatic nitrogens is 4. The van der Waals surface area contributed by atoms with E-state index in [4.69, 9.17) is 0 Å². The Morgan fingerprint density at radius 3 is 2.50 bits per heavy atom. The minimum atomic E-state index is -0.0817. The molecular weight excluding hydrogens is 394 g/mol. The van der Waals surface area contributed by atoms with Crippen LogP contribution in [0.2, 0.25) is 0 Å². The number of rotatable bonds is 6. The summed E-state index contributed by atoms with van der Waals surface area (Å²) in [6.07, 6.45) is 3.45. The van der Waals surface area contributed by atoms with Crippen molar-refractivity contribution in [3.63, 3.8) is 0 Å². The van der Waals surface area contributed by atoms with Gasteiger partial charge in [-0.05, 0) is 55.3 Å². The third kappa shape index (κ3) is 4.26. The van der Waals surface area contributed by atoms with Crippen molar-refractivity contribution in [2.45, 2.75) is 19.0 Å². The van der Waals surface area contributed by atoms with E-state index in [1.165, 1.54) is 11.8 Å². The fourth-order valence-electron chi connectivity index (χ4n) is 3.06. The number of pyridine rings is 1. The Morgan fingerprint density at radius 2 is 1.73 bits per heavy atom. The van der Waals surface area contributed by atoms with Gasteiger partial charge in [0.2, 0.25) is 5.91 Å². The highest BCUT2D eigenvalue weighted by Gasteiger charge is 2.17. The summed E-state index contributed by atoms with van der Waals surface area (Å²) in [5.41, 5.74) is 4.90. The van der Waals surface area contributed by atoms with Gasteiger partial charge in [0.05, 0.1) is 5.75 Å². The number of nitrogens with one attached hydrogen (secondary N) is 1. The number of para-hydroxylation sites is 1. The van der Waals surface area contributed by atoms with Crippen molar-refractivity contribution in [2.75, 3.05) is 11.1 Å². The molecule has 0 aliphatic heterocycles. The zero-order chi connectivity index (χ0) is 20.9. The summed E-state index contributed by atoms with van der Waals surface area (Å²) in [6, 6.07) is 19.6. The smallest absolute Gasteiger partial charge is 0.234 e. The largest absolute Gasteiger partial charge is 0.325 e. The lowest BCUT2D eigenvalue weighted by molar-refractivity contribution is -0.113. The second-order valence-electron chi connectivity index (χ2n) is 6.80. The Hall–Kier alpha value is -3.45. The predicted octanol–water partition coefficient (Wildman–Crippen LogP) is 4.68. The molecule has 6 nitrogen and oxygen atoms in total. The van der Waals surface area contributed by atoms with Gasteiger partial charge in [-0.25, -0.2) is 0 Å². The number of amides is 1. The second kappa shape index (κ2) is 8.92. The minimum absolute atomic E-state index is 0.0817. The number of anilines is 1. The first-order valence-electron chi connectivity index (χ1n) is 9.53. The van der Waals surface area contributed by atoms with E-state index < -0.39 is 0 Å². The standard InChI is InChI=1S/C23H21N5OS/c1-16-7-6-10-20(17(16)2)25-21(29)15-30-23-27-26-22(18-11-13-24-14-12-18)28(23)19-8-4-3-5-9-19/h3-14H,15H2,1-2H3,(H,25,29). The predicted molar refractivity (Wildman–Crippen MR) is 120 cm³/mol. The van der Waals surface area contributed by atoms with Crippen molar-refractivity contribution < 1.29 is 4.79 Å². The molecule has 150 valence electrons. The van der Waals surface area contributed by atoms with Crippen molar-refractivity contribution >= 4 is 23.4 Å². The fourth-order valence-corrected chi connectivity index (χ4v) is 3.82. The lowest BCUT2D eigenvalue weighted by atomic mass is 10.1. The summed E-state index contributed by atoms with van der Waals surface area (Å²) in [7, 11) is 0. The fraction of sp³-hybridized carbons (Fsp3) is 0.130. The van der Waals surface area contributed by atoms with E-state index in [1.807, 2.05) is 79.1 Å². The summed E-state index contributed by atoms with van der Waals surface area (Å²) in [6.45, 7) is 4.04. The second-order valence-corrected chi connectivity index (χ2v) is 7.74. The Balaban J connectivity index is 1.58. The van der Waals surface area contributed by atoms with Crippen LogP contribution in [-0.2, 0) is 4.79 Å². The van der Waals surface area contributed by atoms with E-state index in [2.05, 4.69) is 20.5 Å². The van der Waals surface area contributed by atoms with Crippen LogP contribution < -0.4 is 5.32 Å². The number of nitrogens with zero attached hydrogens (tertiary/aromatic N) is 4. The van der Waals surface area contributed by atoms with Gasteiger partial charge in [-0.2, -0.15) is 0 Å². The van der Waals surface area contributed by atoms with Crippen LogP contribution in [-0.4, -0.2) is 31.4 Å². The number of hydrogen-bond donors (Lipinski definition) is 1. The van der Waals surface area contributed by atoms with Crippen LogP contribution in [0.4, 0.5) is 5.69 Å². The molecule has 0 fully saturated rings. The van der Waals surface area contributed by atoms with E-state index in [9.17, 15) is 4.79 Å². The zero-order valence-corrected chi connectivity index (χ0v) is 17.6. The summed E-state index contributed by atoms with van der Waals surface area (Å²) >= 11 is 1.36. The highest BCUT2D eigenvalue weighted by molar-refractivity contribution is 7.99. The van der Waals surface area contributed by atoms with Gasteiger partial charge in [0.15, 0.2) is 11.0 Å². The Bertz CT molecular complexity index is 1160. The van der Waals surface area contributed by atoms with Gasteiger partial charge in [-0.1, -0.05) is 42.1 Å². The van der Waals surface area contributed by atoms with Gasteiger partial charge < -0.3 is 5.32 Å². The van der Waals surface area contributed by atoms with Gasteiger partial charge in [-0.3, -0.25) is 14.3 Å². The third-order valence-electron chi connectivity index (χ3n) is 4.80. The zero-order valence-electron chi connectivity index (χ0n) is 16.7. The van der Waals surface area contributed by atoms with Gasteiger partial charge in [-0.15, -0.1) is 10.2 Å². The first-order valence-corrected chi connectivity index (χ1v) is 10.5. The van der Waals surface area contributed by atoms with E-state index in [0.717, 1.165) is 28.1 Å². The number of hydrogen-bond acceptors (Lipinski definition) is 5. The molecule has 7 heteroatoms. The molecular formula is C23H21N5OS. The average Bonchev–Trinajstić information content (AvgIpc) is 3.21. The summed E-state index contributed by atoms with van der Waals surface area (Å²) in [5.74, 6) is 0.858. The summed E-state index contributed by atoms with van der Waals surface area (Å²) in [4.78, 5) is 16.7. The molecule has 0 bridgehead atoms. The van der Waals surface area contributed by atoms with Crippen LogP contribution in [0.3, 0.4) is 0 Å². The van der Waals surface area contributed by atoms with Crippen LogP contribution in [0, 0.1) is 13.8 Å². The first-order chi connectivity index (χ1) is 14.6. The Morgan fingerprint density at radius 1 is 0.967 bits per heavy atom. The van der Waals surface area contributed by atoms with Crippen LogP contribution >= 0.6 is 11.8 Å². The van der Waals surface area contributed by atoms with E-state index >= 15 is 0 Å². The van der Waals surface area contributed by atoms with Crippen molar-refractivity contribution in [2.24, 2.45) is 0 Å². The van der Waals surface area contributed by atoms with Crippen molar-refractivity contribution in [3.8, 4) is 17.1 Å². The number of benzene rings is 2. The van der Waals surface area contributed by atoms with E-state index in [0.29, 0.717) is 11.0 Å². The van der Waals surface area contributed by atoms with Crippen LogP contribution in [0.5, 0.6) is 0 Å². The lowest BCUT2D eigenvalue weighted by Crippen LogP contribution is -2.15. The maximum absolute atomic E-state index is 12.6. The SMILES string of the molecule is Cc1cccc(NC(=O)CSc2nnc(-c3ccncc3)n2-c2ccccc2)c1C. The van der Waals surface area contributed by atoms with Crippen LogP contribution in [0.1, 0.15) is 11.1 Å². The highest BCUT2D eigenvalue weighted by Crippen LogP contribution is 2.28. The third-order valence-corrected chi connectivity index (χ3v) is 5.73. The molecule has 1 amide bonds. The normalized spacial score (nSPS) is 10.7. The van der Waals surface area contributed by atoms with Crippen molar-refractivity contribution in [1.82, 2.24) is 19.7 Å². The molecule has 0 saturated carbocycles. The number of thioether (sulfide) groups is 1. The molecule has 0 aliphatic rings. The molecule has 0 unspecified atom stereocenters. The summed E-state index contributed by atoms with van der Waals surface area (Å²) in [5, 5.41) is 12.4. The van der Waals surface area contributed by atoms with E-state index in [1.54, 1.807) is 12.4 Å². The molecule has 0 atom stereocenters. The molecule has 0 saturated heterocycles.